The Bertz CT molecular complexity index is 1170. The normalized spacial score (nSPS) is 18.6. The quantitative estimate of drug-likeness (QED) is 0.483. The number of aromatic nitrogens is 2. The Morgan fingerprint density at radius 1 is 1.14 bits per heavy atom. The van der Waals surface area contributed by atoms with Gasteiger partial charge in [0.25, 0.3) is 5.92 Å². The zero-order valence-electron chi connectivity index (χ0n) is 18.5. The van der Waals surface area contributed by atoms with Gasteiger partial charge in [-0.05, 0) is 36.8 Å². The Balaban J connectivity index is 1.40. The summed E-state index contributed by atoms with van der Waals surface area (Å²) in [5.74, 6) is -8.66. The van der Waals surface area contributed by atoms with E-state index in [-0.39, 0.29) is 24.7 Å². The number of hydrogen-bond acceptors (Lipinski definition) is 5. The number of carbonyl (C=O) groups is 1. The predicted molar refractivity (Wildman–Crippen MR) is 117 cm³/mol. The lowest BCUT2D eigenvalue weighted by molar-refractivity contribution is -0.125. The van der Waals surface area contributed by atoms with Gasteiger partial charge in [-0.1, -0.05) is 0 Å². The first kappa shape index (κ1) is 24.5. The molecule has 0 aliphatic carbocycles. The van der Waals surface area contributed by atoms with Crippen LogP contribution >= 0.6 is 0 Å². The van der Waals surface area contributed by atoms with E-state index in [1.54, 1.807) is 24.0 Å². The van der Waals surface area contributed by atoms with E-state index < -0.39 is 53.4 Å². The summed E-state index contributed by atoms with van der Waals surface area (Å²) in [5.41, 5.74) is 0.452. The molecule has 0 radical (unpaired) electrons. The summed E-state index contributed by atoms with van der Waals surface area (Å²) in [6.45, 7) is 1.64. The second-order valence-corrected chi connectivity index (χ2v) is 8.18. The van der Waals surface area contributed by atoms with Crippen molar-refractivity contribution in [2.24, 2.45) is 0 Å². The van der Waals surface area contributed by atoms with Crippen molar-refractivity contribution in [2.45, 2.75) is 31.2 Å². The molecule has 1 fully saturated rings. The molecule has 2 aromatic heterocycles. The van der Waals surface area contributed by atoms with E-state index in [0.29, 0.717) is 17.7 Å². The zero-order valence-corrected chi connectivity index (χ0v) is 18.5. The van der Waals surface area contributed by atoms with Crippen LogP contribution in [0.5, 0.6) is 11.5 Å². The van der Waals surface area contributed by atoms with Gasteiger partial charge in [-0.3, -0.25) is 14.7 Å². The smallest absolute Gasteiger partial charge is 0.257 e. The Morgan fingerprint density at radius 3 is 2.46 bits per heavy atom. The first-order valence-electron chi connectivity index (χ1n) is 10.7. The standard InChI is InChI=1S/C24H21F5N4O2/c1-14(33-9-6-24(28,29)18(13-33)15-4-7-30-8-5-15)23(34)32-21-3-2-17(12-31-21)35-22-19(26)10-16(25)11-20(22)27/h2-5,7-8,10-12,14,18H,6,9,13H2,1H3,(H,31,32,34)/t14?,18-/m1/s1. The van der Waals surface area contributed by atoms with Crippen LogP contribution in [0, 0.1) is 17.5 Å². The number of alkyl halides is 2. The van der Waals surface area contributed by atoms with Gasteiger partial charge in [-0.15, -0.1) is 0 Å². The number of anilines is 1. The Kier molecular flexibility index (Phi) is 6.97. The molecule has 0 spiro atoms. The third-order valence-corrected chi connectivity index (χ3v) is 5.87. The highest BCUT2D eigenvalue weighted by molar-refractivity contribution is 5.93. The number of carbonyl (C=O) groups excluding carboxylic acids is 1. The monoisotopic (exact) mass is 492 g/mol. The number of ether oxygens (including phenoxy) is 1. The van der Waals surface area contributed by atoms with Crippen molar-refractivity contribution in [1.29, 1.82) is 0 Å². The topological polar surface area (TPSA) is 67.3 Å². The molecule has 11 heteroatoms. The molecule has 2 atom stereocenters. The molecule has 0 saturated carbocycles. The van der Waals surface area contributed by atoms with Gasteiger partial charge in [0.1, 0.15) is 17.4 Å². The molecule has 1 aromatic carbocycles. The van der Waals surface area contributed by atoms with E-state index in [0.717, 1.165) is 6.20 Å². The minimum Gasteiger partial charge on any atom is -0.450 e. The summed E-state index contributed by atoms with van der Waals surface area (Å²) in [6, 6.07) is 6.00. The molecular weight excluding hydrogens is 471 g/mol. The lowest BCUT2D eigenvalue weighted by Crippen LogP contribution is -2.52. The number of halogens is 5. The van der Waals surface area contributed by atoms with Crippen LogP contribution in [0.1, 0.15) is 24.8 Å². The Morgan fingerprint density at radius 2 is 1.83 bits per heavy atom. The van der Waals surface area contributed by atoms with Gasteiger partial charge in [0.05, 0.1) is 18.2 Å². The molecule has 1 aliphatic rings. The fraction of sp³-hybridized carbons (Fsp3) is 0.292. The van der Waals surface area contributed by atoms with Crippen molar-refractivity contribution < 1.29 is 31.5 Å². The van der Waals surface area contributed by atoms with Crippen LogP contribution in [0.3, 0.4) is 0 Å². The first-order chi connectivity index (χ1) is 16.6. The van der Waals surface area contributed by atoms with Crippen LogP contribution in [-0.2, 0) is 4.79 Å². The van der Waals surface area contributed by atoms with Gasteiger partial charge in [-0.2, -0.15) is 0 Å². The number of rotatable bonds is 6. The number of hydrogen-bond donors (Lipinski definition) is 1. The molecule has 1 saturated heterocycles. The minimum atomic E-state index is -2.91. The molecule has 1 amide bonds. The number of piperidine rings is 1. The van der Waals surface area contributed by atoms with Gasteiger partial charge in [0, 0.05) is 44.0 Å². The molecule has 6 nitrogen and oxygen atoms in total. The summed E-state index contributed by atoms with van der Waals surface area (Å²) in [4.78, 5) is 22.3. The number of benzene rings is 1. The SMILES string of the molecule is CC(C(=O)Nc1ccc(Oc2c(F)cc(F)cc2F)cn1)N1CCC(F)(F)[C@@H](c2ccncc2)C1. The highest BCUT2D eigenvalue weighted by Crippen LogP contribution is 2.40. The van der Waals surface area contributed by atoms with Gasteiger partial charge < -0.3 is 10.1 Å². The molecule has 184 valence electrons. The molecule has 1 unspecified atom stereocenters. The predicted octanol–water partition coefficient (Wildman–Crippen LogP) is 5.14. The van der Waals surface area contributed by atoms with E-state index in [9.17, 15) is 26.7 Å². The van der Waals surface area contributed by atoms with Gasteiger partial charge in [-0.25, -0.2) is 26.9 Å². The summed E-state index contributed by atoms with van der Waals surface area (Å²) >= 11 is 0. The first-order valence-corrected chi connectivity index (χ1v) is 10.7. The highest BCUT2D eigenvalue weighted by atomic mass is 19.3. The molecule has 35 heavy (non-hydrogen) atoms. The third-order valence-electron chi connectivity index (χ3n) is 5.87. The number of likely N-dealkylation sites (tertiary alicyclic amines) is 1. The molecule has 3 heterocycles. The van der Waals surface area contributed by atoms with Crippen LogP contribution in [-0.4, -0.2) is 45.8 Å². The largest absolute Gasteiger partial charge is 0.450 e. The zero-order chi connectivity index (χ0) is 25.2. The Labute approximate surface area is 197 Å². The maximum Gasteiger partial charge on any atom is 0.257 e. The summed E-state index contributed by atoms with van der Waals surface area (Å²) < 4.78 is 74.8. The van der Waals surface area contributed by atoms with Crippen molar-refractivity contribution >= 4 is 11.7 Å². The van der Waals surface area contributed by atoms with Crippen LogP contribution < -0.4 is 10.1 Å². The van der Waals surface area contributed by atoms with Crippen molar-refractivity contribution in [3.63, 3.8) is 0 Å². The van der Waals surface area contributed by atoms with Crippen LogP contribution in [0.15, 0.2) is 55.0 Å². The maximum absolute atomic E-state index is 14.6. The van der Waals surface area contributed by atoms with Crippen LogP contribution in [0.2, 0.25) is 0 Å². The average molecular weight is 492 g/mol. The van der Waals surface area contributed by atoms with Crippen molar-refractivity contribution in [1.82, 2.24) is 14.9 Å². The number of pyridine rings is 2. The van der Waals surface area contributed by atoms with E-state index in [1.807, 2.05) is 0 Å². The molecular formula is C24H21F5N4O2. The van der Waals surface area contributed by atoms with Crippen molar-refractivity contribution in [3.05, 3.63) is 78.0 Å². The third kappa shape index (κ3) is 5.56. The number of amides is 1. The molecule has 1 N–H and O–H groups in total. The summed E-state index contributed by atoms with van der Waals surface area (Å²) in [7, 11) is 0. The van der Waals surface area contributed by atoms with E-state index in [2.05, 4.69) is 15.3 Å². The van der Waals surface area contributed by atoms with Crippen molar-refractivity contribution in [2.75, 3.05) is 18.4 Å². The average Bonchev–Trinajstić information content (AvgIpc) is 2.82. The summed E-state index contributed by atoms with van der Waals surface area (Å²) in [6.07, 6.45) is 3.65. The van der Waals surface area contributed by atoms with Gasteiger partial charge in [0.15, 0.2) is 17.4 Å². The fourth-order valence-electron chi connectivity index (χ4n) is 3.88. The van der Waals surface area contributed by atoms with Gasteiger partial charge in [0.2, 0.25) is 5.91 Å². The Hall–Kier alpha value is -3.60. The molecule has 0 bridgehead atoms. The number of nitrogens with one attached hydrogen (secondary N) is 1. The van der Waals surface area contributed by atoms with Crippen molar-refractivity contribution in [3.8, 4) is 11.5 Å². The van der Waals surface area contributed by atoms with Gasteiger partial charge >= 0.3 is 0 Å². The second kappa shape index (κ2) is 9.95. The lowest BCUT2D eigenvalue weighted by atomic mass is 9.87. The van der Waals surface area contributed by atoms with E-state index in [1.165, 1.54) is 24.5 Å². The fourth-order valence-corrected chi connectivity index (χ4v) is 3.88. The second-order valence-electron chi connectivity index (χ2n) is 8.18. The number of nitrogens with zero attached hydrogens (tertiary/aromatic N) is 3. The minimum absolute atomic E-state index is 0.0133. The molecule has 3 aromatic rings. The van der Waals surface area contributed by atoms with E-state index >= 15 is 0 Å². The van der Waals surface area contributed by atoms with Crippen LogP contribution in [0.25, 0.3) is 0 Å². The molecule has 4 rings (SSSR count). The maximum atomic E-state index is 14.6. The molecule has 1 aliphatic heterocycles. The highest BCUT2D eigenvalue weighted by Gasteiger charge is 2.46. The van der Waals surface area contributed by atoms with Crippen LogP contribution in [0.4, 0.5) is 27.8 Å². The lowest BCUT2D eigenvalue weighted by Gasteiger charge is -2.40. The van der Waals surface area contributed by atoms with E-state index in [4.69, 9.17) is 4.74 Å². The summed E-state index contributed by atoms with van der Waals surface area (Å²) in [5, 5.41) is 2.59.